The summed E-state index contributed by atoms with van der Waals surface area (Å²) in [6.07, 6.45) is 0.846. The number of carbonyl (C=O) groups is 1. The van der Waals surface area contributed by atoms with Crippen molar-refractivity contribution in [3.05, 3.63) is 29.3 Å². The lowest BCUT2D eigenvalue weighted by molar-refractivity contribution is -0.125. The minimum atomic E-state index is -0.377. The van der Waals surface area contributed by atoms with Crippen LogP contribution in [0.1, 0.15) is 38.3 Å². The van der Waals surface area contributed by atoms with Crippen LogP contribution < -0.4 is 15.8 Å². The Morgan fingerprint density at radius 2 is 2.00 bits per heavy atom. The van der Waals surface area contributed by atoms with Crippen molar-refractivity contribution in [2.75, 3.05) is 13.2 Å². The molecule has 0 bridgehead atoms. The predicted octanol–water partition coefficient (Wildman–Crippen LogP) is 2.56. The fourth-order valence-corrected chi connectivity index (χ4v) is 2.41. The summed E-state index contributed by atoms with van der Waals surface area (Å²) in [6, 6.07) is 5.82. The number of benzene rings is 1. The molecule has 1 amide bonds. The molecule has 118 valence electrons. The molecule has 0 heterocycles. The number of nitrogens with two attached hydrogens (primary N) is 1. The van der Waals surface area contributed by atoms with Gasteiger partial charge in [0.05, 0.1) is 0 Å². The van der Waals surface area contributed by atoms with E-state index in [9.17, 15) is 4.79 Å². The number of rotatable bonds is 7. The molecule has 1 rings (SSSR count). The third-order valence-electron chi connectivity index (χ3n) is 3.60. The van der Waals surface area contributed by atoms with Crippen molar-refractivity contribution in [3.8, 4) is 5.75 Å². The molecule has 0 saturated heterocycles. The van der Waals surface area contributed by atoms with Crippen LogP contribution in [0.25, 0.3) is 0 Å². The van der Waals surface area contributed by atoms with Crippen molar-refractivity contribution in [1.29, 1.82) is 0 Å². The van der Waals surface area contributed by atoms with E-state index in [1.54, 1.807) is 0 Å². The minimum Gasteiger partial charge on any atom is -0.484 e. The van der Waals surface area contributed by atoms with E-state index in [0.29, 0.717) is 18.2 Å². The smallest absolute Gasteiger partial charge is 0.258 e. The Balaban J connectivity index is 2.55. The van der Waals surface area contributed by atoms with Crippen molar-refractivity contribution in [2.24, 2.45) is 11.7 Å². The average Bonchev–Trinajstić information content (AvgIpc) is 2.39. The molecule has 3 N–H and O–H groups in total. The number of aryl methyl sites for hydroxylation is 2. The van der Waals surface area contributed by atoms with Crippen LogP contribution in [-0.2, 0) is 4.79 Å². The Labute approximate surface area is 128 Å². The number of nitrogens with one attached hydrogen (secondary N) is 1. The van der Waals surface area contributed by atoms with Crippen molar-refractivity contribution < 1.29 is 9.53 Å². The average molecular weight is 292 g/mol. The summed E-state index contributed by atoms with van der Waals surface area (Å²) in [5, 5.41) is 2.98. The van der Waals surface area contributed by atoms with Crippen LogP contribution >= 0.6 is 0 Å². The van der Waals surface area contributed by atoms with E-state index in [1.807, 2.05) is 39.0 Å². The highest BCUT2D eigenvalue weighted by Gasteiger charge is 2.25. The van der Waals surface area contributed by atoms with E-state index in [0.717, 1.165) is 12.0 Å². The van der Waals surface area contributed by atoms with Crippen LogP contribution in [0.2, 0.25) is 0 Å². The lowest BCUT2D eigenvalue weighted by Gasteiger charge is -2.31. The SMILES string of the molecule is Cc1ccc(OCC(=O)NC(C)(CN)CC(C)C)cc1C. The lowest BCUT2D eigenvalue weighted by atomic mass is 9.91. The highest BCUT2D eigenvalue weighted by molar-refractivity contribution is 5.78. The molecule has 1 atom stereocenters. The van der Waals surface area contributed by atoms with E-state index in [4.69, 9.17) is 10.5 Å². The molecule has 0 fully saturated rings. The number of hydrogen-bond donors (Lipinski definition) is 2. The normalized spacial score (nSPS) is 13.9. The zero-order chi connectivity index (χ0) is 16.0. The Hall–Kier alpha value is -1.55. The van der Waals surface area contributed by atoms with Gasteiger partial charge in [0.25, 0.3) is 5.91 Å². The number of amides is 1. The highest BCUT2D eigenvalue weighted by atomic mass is 16.5. The minimum absolute atomic E-state index is 0.0101. The first-order valence-electron chi connectivity index (χ1n) is 7.47. The Morgan fingerprint density at radius 3 is 2.52 bits per heavy atom. The van der Waals surface area contributed by atoms with E-state index >= 15 is 0 Å². The van der Waals surface area contributed by atoms with Gasteiger partial charge < -0.3 is 15.8 Å². The quantitative estimate of drug-likeness (QED) is 0.812. The van der Waals surface area contributed by atoms with Gasteiger partial charge in [-0.3, -0.25) is 4.79 Å². The molecule has 0 aliphatic carbocycles. The summed E-state index contributed by atoms with van der Waals surface area (Å²) >= 11 is 0. The third kappa shape index (κ3) is 5.76. The highest BCUT2D eigenvalue weighted by Crippen LogP contribution is 2.17. The van der Waals surface area contributed by atoms with E-state index < -0.39 is 0 Å². The van der Waals surface area contributed by atoms with Gasteiger partial charge in [-0.05, 0) is 56.4 Å². The van der Waals surface area contributed by atoms with E-state index in [1.165, 1.54) is 5.56 Å². The second-order valence-electron chi connectivity index (χ2n) is 6.45. The summed E-state index contributed by atoms with van der Waals surface area (Å²) in [7, 11) is 0. The molecule has 1 aromatic rings. The molecule has 0 saturated carbocycles. The topological polar surface area (TPSA) is 64.3 Å². The summed E-state index contributed by atoms with van der Waals surface area (Å²) in [5.74, 6) is 1.05. The maximum Gasteiger partial charge on any atom is 0.258 e. The summed E-state index contributed by atoms with van der Waals surface area (Å²) in [6.45, 7) is 10.7. The number of ether oxygens (including phenoxy) is 1. The summed E-state index contributed by atoms with van der Waals surface area (Å²) in [5.41, 5.74) is 7.77. The zero-order valence-electron chi connectivity index (χ0n) is 13.8. The number of hydrogen-bond acceptors (Lipinski definition) is 3. The molecule has 4 nitrogen and oxygen atoms in total. The van der Waals surface area contributed by atoms with E-state index in [-0.39, 0.29) is 18.1 Å². The maximum atomic E-state index is 12.0. The van der Waals surface area contributed by atoms with Gasteiger partial charge in [0, 0.05) is 12.1 Å². The van der Waals surface area contributed by atoms with Crippen molar-refractivity contribution in [2.45, 2.75) is 46.6 Å². The van der Waals surface area contributed by atoms with Gasteiger partial charge in [-0.15, -0.1) is 0 Å². The van der Waals surface area contributed by atoms with Gasteiger partial charge >= 0.3 is 0 Å². The molecule has 0 aliphatic heterocycles. The fraction of sp³-hybridized carbons (Fsp3) is 0.588. The number of carbonyl (C=O) groups excluding carboxylic acids is 1. The standard InChI is InChI=1S/C17H28N2O2/c1-12(2)9-17(5,11-18)19-16(20)10-21-15-7-6-13(3)14(4)8-15/h6-8,12H,9-11,18H2,1-5H3,(H,19,20). The molecular formula is C17H28N2O2. The van der Waals surface area contributed by atoms with Gasteiger partial charge in [0.15, 0.2) is 6.61 Å². The molecule has 21 heavy (non-hydrogen) atoms. The van der Waals surface area contributed by atoms with Crippen molar-refractivity contribution >= 4 is 5.91 Å². The Morgan fingerprint density at radius 1 is 1.33 bits per heavy atom. The third-order valence-corrected chi connectivity index (χ3v) is 3.60. The van der Waals surface area contributed by atoms with Crippen LogP contribution in [0.15, 0.2) is 18.2 Å². The van der Waals surface area contributed by atoms with Gasteiger partial charge in [0.2, 0.25) is 0 Å². The molecule has 1 aromatic carbocycles. The van der Waals surface area contributed by atoms with Crippen LogP contribution in [0.4, 0.5) is 0 Å². The molecule has 0 spiro atoms. The molecule has 4 heteroatoms. The Kier molecular flexibility index (Phi) is 6.21. The summed E-state index contributed by atoms with van der Waals surface area (Å²) in [4.78, 5) is 12.0. The van der Waals surface area contributed by atoms with Crippen LogP contribution in [0.3, 0.4) is 0 Å². The monoisotopic (exact) mass is 292 g/mol. The molecule has 0 aromatic heterocycles. The molecule has 0 aliphatic rings. The van der Waals surface area contributed by atoms with Crippen LogP contribution in [0.5, 0.6) is 5.75 Å². The zero-order valence-corrected chi connectivity index (χ0v) is 13.8. The van der Waals surface area contributed by atoms with Crippen LogP contribution in [0, 0.1) is 19.8 Å². The second kappa shape index (κ2) is 7.46. The van der Waals surface area contributed by atoms with Crippen molar-refractivity contribution in [1.82, 2.24) is 5.32 Å². The second-order valence-corrected chi connectivity index (χ2v) is 6.45. The first-order valence-corrected chi connectivity index (χ1v) is 7.47. The first-order chi connectivity index (χ1) is 9.75. The van der Waals surface area contributed by atoms with Gasteiger partial charge in [-0.1, -0.05) is 19.9 Å². The largest absolute Gasteiger partial charge is 0.484 e. The molecule has 1 unspecified atom stereocenters. The van der Waals surface area contributed by atoms with E-state index in [2.05, 4.69) is 19.2 Å². The Bertz CT molecular complexity index is 486. The van der Waals surface area contributed by atoms with Gasteiger partial charge in [-0.2, -0.15) is 0 Å². The van der Waals surface area contributed by atoms with Crippen molar-refractivity contribution in [3.63, 3.8) is 0 Å². The first kappa shape index (κ1) is 17.5. The van der Waals surface area contributed by atoms with Gasteiger partial charge in [-0.25, -0.2) is 0 Å². The molecular weight excluding hydrogens is 264 g/mol. The van der Waals surface area contributed by atoms with Gasteiger partial charge in [0.1, 0.15) is 5.75 Å². The van der Waals surface area contributed by atoms with Crippen LogP contribution in [-0.4, -0.2) is 24.6 Å². The summed E-state index contributed by atoms with van der Waals surface area (Å²) < 4.78 is 5.55. The fourth-order valence-electron chi connectivity index (χ4n) is 2.41. The lowest BCUT2D eigenvalue weighted by Crippen LogP contribution is -2.53. The molecule has 0 radical (unpaired) electrons. The maximum absolute atomic E-state index is 12.0. The predicted molar refractivity (Wildman–Crippen MR) is 86.5 cm³/mol.